The van der Waals surface area contributed by atoms with E-state index in [9.17, 15) is 0 Å². The van der Waals surface area contributed by atoms with Crippen molar-refractivity contribution in [2.24, 2.45) is 5.41 Å². The standard InChI is InChI=1S/C24H29N5O/c1-2-8-20(9-3-1)16-28-14-6-11-24(18-28)12-7-15-29(19-24)17-22-26-23(27-30-22)21-10-4-5-13-25-21/h1-5,8-10,13H,6-7,11-12,14-19H2/t24-/m0/s1. The summed E-state index contributed by atoms with van der Waals surface area (Å²) in [5, 5.41) is 4.13. The Hall–Kier alpha value is -2.57. The summed E-state index contributed by atoms with van der Waals surface area (Å²) in [4.78, 5) is 14.1. The molecule has 0 bridgehead atoms. The molecule has 6 heteroatoms. The van der Waals surface area contributed by atoms with E-state index in [-0.39, 0.29) is 0 Å². The van der Waals surface area contributed by atoms with E-state index in [1.54, 1.807) is 6.20 Å². The number of piperidine rings is 2. The smallest absolute Gasteiger partial charge is 0.241 e. The highest BCUT2D eigenvalue weighted by Crippen LogP contribution is 2.39. The molecule has 2 aliphatic heterocycles. The summed E-state index contributed by atoms with van der Waals surface area (Å²) in [6, 6.07) is 16.6. The van der Waals surface area contributed by atoms with Crippen LogP contribution in [0.15, 0.2) is 59.3 Å². The van der Waals surface area contributed by atoms with Gasteiger partial charge in [0.15, 0.2) is 0 Å². The third-order valence-electron chi connectivity index (χ3n) is 6.45. The predicted molar refractivity (Wildman–Crippen MR) is 115 cm³/mol. The van der Waals surface area contributed by atoms with Gasteiger partial charge in [-0.15, -0.1) is 0 Å². The lowest BCUT2D eigenvalue weighted by molar-refractivity contribution is 0.00462. The zero-order valence-corrected chi connectivity index (χ0v) is 17.4. The lowest BCUT2D eigenvalue weighted by atomic mass is 9.73. The van der Waals surface area contributed by atoms with Crippen LogP contribution < -0.4 is 0 Å². The third-order valence-corrected chi connectivity index (χ3v) is 6.45. The first-order valence-corrected chi connectivity index (χ1v) is 11.0. The van der Waals surface area contributed by atoms with Gasteiger partial charge >= 0.3 is 0 Å². The number of aromatic nitrogens is 3. The van der Waals surface area contributed by atoms with E-state index >= 15 is 0 Å². The molecule has 0 amide bonds. The molecule has 0 saturated carbocycles. The van der Waals surface area contributed by atoms with Crippen molar-refractivity contribution in [2.75, 3.05) is 26.2 Å². The molecule has 2 aliphatic rings. The molecule has 1 atom stereocenters. The highest BCUT2D eigenvalue weighted by molar-refractivity contribution is 5.46. The SMILES string of the molecule is c1ccc(CN2CCC[C@]3(CCCN(Cc4nc(-c5ccccn5)no4)C3)C2)cc1. The van der Waals surface area contributed by atoms with Crippen LogP contribution in [-0.2, 0) is 13.1 Å². The molecule has 156 valence electrons. The molecular weight excluding hydrogens is 374 g/mol. The van der Waals surface area contributed by atoms with Crippen molar-refractivity contribution in [2.45, 2.75) is 38.8 Å². The van der Waals surface area contributed by atoms with Crippen LogP contribution in [0.4, 0.5) is 0 Å². The van der Waals surface area contributed by atoms with Crippen LogP contribution in [0.2, 0.25) is 0 Å². The van der Waals surface area contributed by atoms with Gasteiger partial charge in [0.05, 0.1) is 6.54 Å². The van der Waals surface area contributed by atoms with Crippen LogP contribution in [-0.4, -0.2) is 51.1 Å². The topological polar surface area (TPSA) is 58.3 Å². The number of hydrogen-bond donors (Lipinski definition) is 0. The van der Waals surface area contributed by atoms with Crippen LogP contribution in [0.5, 0.6) is 0 Å². The largest absolute Gasteiger partial charge is 0.337 e. The van der Waals surface area contributed by atoms with E-state index in [0.29, 0.717) is 17.1 Å². The van der Waals surface area contributed by atoms with E-state index in [0.717, 1.165) is 31.9 Å². The summed E-state index contributed by atoms with van der Waals surface area (Å²) in [6.07, 6.45) is 6.91. The summed E-state index contributed by atoms with van der Waals surface area (Å²) >= 11 is 0. The first-order chi connectivity index (χ1) is 14.8. The van der Waals surface area contributed by atoms with Gasteiger partial charge in [0.1, 0.15) is 5.69 Å². The van der Waals surface area contributed by atoms with Gasteiger partial charge in [-0.05, 0) is 61.9 Å². The average Bonchev–Trinajstić information content (AvgIpc) is 3.24. The van der Waals surface area contributed by atoms with Gasteiger partial charge in [0.2, 0.25) is 11.7 Å². The number of rotatable bonds is 5. The molecule has 2 fully saturated rings. The number of pyridine rings is 1. The molecule has 0 aliphatic carbocycles. The minimum absolute atomic E-state index is 0.384. The van der Waals surface area contributed by atoms with Gasteiger partial charge in [0, 0.05) is 25.8 Å². The van der Waals surface area contributed by atoms with Gasteiger partial charge in [-0.3, -0.25) is 14.8 Å². The number of benzene rings is 1. The van der Waals surface area contributed by atoms with Crippen LogP contribution in [0.3, 0.4) is 0 Å². The Kier molecular flexibility index (Phi) is 5.60. The average molecular weight is 404 g/mol. The molecular formula is C24H29N5O. The molecule has 0 unspecified atom stereocenters. The van der Waals surface area contributed by atoms with Gasteiger partial charge in [0.25, 0.3) is 0 Å². The maximum absolute atomic E-state index is 5.54. The molecule has 0 radical (unpaired) electrons. The van der Waals surface area contributed by atoms with Crippen molar-refractivity contribution >= 4 is 0 Å². The molecule has 0 N–H and O–H groups in total. The molecule has 1 spiro atoms. The second kappa shape index (κ2) is 8.66. The summed E-state index contributed by atoms with van der Waals surface area (Å²) in [5.41, 5.74) is 2.55. The minimum Gasteiger partial charge on any atom is -0.337 e. The number of likely N-dealkylation sites (tertiary alicyclic amines) is 2. The molecule has 5 rings (SSSR count). The fourth-order valence-corrected chi connectivity index (χ4v) is 5.17. The summed E-state index contributed by atoms with van der Waals surface area (Å²) in [7, 11) is 0. The minimum atomic E-state index is 0.384. The second-order valence-corrected chi connectivity index (χ2v) is 8.84. The van der Waals surface area contributed by atoms with Crippen LogP contribution in [0.1, 0.15) is 37.1 Å². The summed E-state index contributed by atoms with van der Waals surface area (Å²) < 4.78 is 5.54. The van der Waals surface area contributed by atoms with Crippen molar-refractivity contribution in [1.29, 1.82) is 0 Å². The summed E-state index contributed by atoms with van der Waals surface area (Å²) in [5.74, 6) is 1.26. The maximum Gasteiger partial charge on any atom is 0.241 e. The fraction of sp³-hybridized carbons (Fsp3) is 0.458. The Labute approximate surface area is 177 Å². The Balaban J connectivity index is 1.23. The Morgan fingerprint density at radius 2 is 1.60 bits per heavy atom. The molecule has 6 nitrogen and oxygen atoms in total. The van der Waals surface area contributed by atoms with Gasteiger partial charge in [-0.1, -0.05) is 41.6 Å². The Bertz CT molecular complexity index is 940. The van der Waals surface area contributed by atoms with E-state index < -0.39 is 0 Å². The lowest BCUT2D eigenvalue weighted by Crippen LogP contribution is -2.51. The van der Waals surface area contributed by atoms with Crippen molar-refractivity contribution in [1.82, 2.24) is 24.9 Å². The Morgan fingerprint density at radius 1 is 0.867 bits per heavy atom. The first kappa shape index (κ1) is 19.4. The molecule has 2 aromatic heterocycles. The first-order valence-electron chi connectivity index (χ1n) is 11.0. The highest BCUT2D eigenvalue weighted by atomic mass is 16.5. The maximum atomic E-state index is 5.54. The van der Waals surface area contributed by atoms with E-state index in [1.165, 1.54) is 44.3 Å². The zero-order chi connectivity index (χ0) is 20.2. The number of hydrogen-bond acceptors (Lipinski definition) is 6. The van der Waals surface area contributed by atoms with Gasteiger partial charge in [-0.25, -0.2) is 0 Å². The van der Waals surface area contributed by atoms with Crippen LogP contribution >= 0.6 is 0 Å². The molecule has 4 heterocycles. The van der Waals surface area contributed by atoms with Crippen LogP contribution in [0.25, 0.3) is 11.5 Å². The molecule has 3 aromatic rings. The monoisotopic (exact) mass is 403 g/mol. The number of nitrogens with zero attached hydrogens (tertiary/aromatic N) is 5. The Morgan fingerprint density at radius 3 is 2.33 bits per heavy atom. The molecule has 30 heavy (non-hydrogen) atoms. The van der Waals surface area contributed by atoms with Crippen molar-refractivity contribution in [3.63, 3.8) is 0 Å². The summed E-state index contributed by atoms with van der Waals surface area (Å²) in [6.45, 7) is 6.37. The van der Waals surface area contributed by atoms with Crippen molar-refractivity contribution in [3.8, 4) is 11.5 Å². The predicted octanol–water partition coefficient (Wildman–Crippen LogP) is 4.01. The molecule has 2 saturated heterocycles. The second-order valence-electron chi connectivity index (χ2n) is 8.84. The third kappa shape index (κ3) is 4.45. The molecule has 1 aromatic carbocycles. The fourth-order valence-electron chi connectivity index (χ4n) is 5.17. The van der Waals surface area contributed by atoms with Gasteiger partial charge in [-0.2, -0.15) is 4.98 Å². The van der Waals surface area contributed by atoms with E-state index in [1.807, 2.05) is 18.2 Å². The van der Waals surface area contributed by atoms with Crippen molar-refractivity contribution in [3.05, 3.63) is 66.2 Å². The lowest BCUT2D eigenvalue weighted by Gasteiger charge is -2.48. The van der Waals surface area contributed by atoms with E-state index in [2.05, 4.69) is 55.3 Å². The quantitative estimate of drug-likeness (QED) is 0.642. The highest BCUT2D eigenvalue weighted by Gasteiger charge is 2.39. The van der Waals surface area contributed by atoms with Crippen molar-refractivity contribution < 1.29 is 4.52 Å². The van der Waals surface area contributed by atoms with Gasteiger partial charge < -0.3 is 4.52 Å². The van der Waals surface area contributed by atoms with Crippen LogP contribution in [0, 0.1) is 5.41 Å². The zero-order valence-electron chi connectivity index (χ0n) is 17.4. The van der Waals surface area contributed by atoms with E-state index in [4.69, 9.17) is 4.52 Å². The normalized spacial score (nSPS) is 23.1.